The minimum absolute atomic E-state index is 0.0508. The van der Waals surface area contributed by atoms with Crippen molar-refractivity contribution in [2.45, 2.75) is 26.4 Å². The standard InChI is InChI=1S/C6H15OP/c1-6(2,3)7-8(4)5/h1-5H3. The molecule has 0 spiro atoms. The summed E-state index contributed by atoms with van der Waals surface area (Å²) in [5.74, 6) is 0. The molecule has 0 rings (SSSR count). The summed E-state index contributed by atoms with van der Waals surface area (Å²) < 4.78 is 5.50. The average Bonchev–Trinajstić information content (AvgIpc) is 1.21. The highest BCUT2D eigenvalue weighted by molar-refractivity contribution is 7.50. The summed E-state index contributed by atoms with van der Waals surface area (Å²) in [6, 6.07) is 0. The minimum Gasteiger partial charge on any atom is -0.354 e. The molecule has 0 unspecified atom stereocenters. The highest BCUT2D eigenvalue weighted by Gasteiger charge is 2.11. The van der Waals surface area contributed by atoms with E-state index in [4.69, 9.17) is 4.52 Å². The first-order valence-corrected chi connectivity index (χ1v) is 4.94. The Balaban J connectivity index is 3.39. The maximum absolute atomic E-state index is 5.50. The fourth-order valence-corrected chi connectivity index (χ4v) is 1.64. The molecule has 0 aliphatic heterocycles. The van der Waals surface area contributed by atoms with Crippen LogP contribution in [0.4, 0.5) is 0 Å². The molecule has 8 heavy (non-hydrogen) atoms. The van der Waals surface area contributed by atoms with Gasteiger partial charge in [0.2, 0.25) is 0 Å². The van der Waals surface area contributed by atoms with Crippen LogP contribution < -0.4 is 0 Å². The number of hydrogen-bond acceptors (Lipinski definition) is 1. The monoisotopic (exact) mass is 134 g/mol. The Morgan fingerprint density at radius 3 is 1.50 bits per heavy atom. The van der Waals surface area contributed by atoms with Gasteiger partial charge in [0.15, 0.2) is 0 Å². The fraction of sp³-hybridized carbons (Fsp3) is 1.00. The van der Waals surface area contributed by atoms with E-state index in [1.165, 1.54) is 0 Å². The van der Waals surface area contributed by atoms with Crippen molar-refractivity contribution in [1.29, 1.82) is 0 Å². The zero-order valence-corrected chi connectivity index (χ0v) is 7.25. The predicted octanol–water partition coefficient (Wildman–Crippen LogP) is 2.46. The highest BCUT2D eigenvalue weighted by Crippen LogP contribution is 2.32. The van der Waals surface area contributed by atoms with E-state index in [1.807, 2.05) is 0 Å². The Kier molecular flexibility index (Phi) is 2.93. The Morgan fingerprint density at radius 1 is 1.12 bits per heavy atom. The number of rotatable bonds is 1. The van der Waals surface area contributed by atoms with Crippen LogP contribution in [0.15, 0.2) is 0 Å². The third-order valence-corrected chi connectivity index (χ3v) is 1.37. The molecule has 0 aliphatic rings. The first kappa shape index (κ1) is 8.39. The van der Waals surface area contributed by atoms with E-state index >= 15 is 0 Å². The lowest BCUT2D eigenvalue weighted by Crippen LogP contribution is -2.15. The predicted molar refractivity (Wildman–Crippen MR) is 39.6 cm³/mol. The summed E-state index contributed by atoms with van der Waals surface area (Å²) in [5.41, 5.74) is 0.0508. The van der Waals surface area contributed by atoms with E-state index in [1.54, 1.807) is 0 Å². The van der Waals surface area contributed by atoms with Gasteiger partial charge in [-0.3, -0.25) is 0 Å². The zero-order valence-electron chi connectivity index (χ0n) is 6.36. The summed E-state index contributed by atoms with van der Waals surface area (Å²) in [5, 5.41) is 0. The molecule has 0 N–H and O–H groups in total. The molecule has 0 heterocycles. The van der Waals surface area contributed by atoms with Crippen molar-refractivity contribution in [3.63, 3.8) is 0 Å². The molecule has 1 nitrogen and oxygen atoms in total. The van der Waals surface area contributed by atoms with Gasteiger partial charge in [0, 0.05) is 8.15 Å². The summed E-state index contributed by atoms with van der Waals surface area (Å²) in [6.45, 7) is 10.5. The van der Waals surface area contributed by atoms with Crippen molar-refractivity contribution in [2.24, 2.45) is 0 Å². The molecule has 0 bridgehead atoms. The van der Waals surface area contributed by atoms with Gasteiger partial charge in [-0.1, -0.05) is 0 Å². The van der Waals surface area contributed by atoms with E-state index in [0.29, 0.717) is 0 Å². The van der Waals surface area contributed by atoms with E-state index < -0.39 is 0 Å². The molecule has 0 aliphatic carbocycles. The van der Waals surface area contributed by atoms with Gasteiger partial charge in [-0.05, 0) is 34.1 Å². The molecule has 50 valence electrons. The van der Waals surface area contributed by atoms with Crippen molar-refractivity contribution in [1.82, 2.24) is 0 Å². The van der Waals surface area contributed by atoms with Gasteiger partial charge < -0.3 is 4.52 Å². The Bertz CT molecular complexity index is 63.4. The average molecular weight is 134 g/mol. The van der Waals surface area contributed by atoms with Crippen LogP contribution in [0.25, 0.3) is 0 Å². The van der Waals surface area contributed by atoms with Gasteiger partial charge >= 0.3 is 0 Å². The lowest BCUT2D eigenvalue weighted by atomic mass is 10.2. The van der Waals surface area contributed by atoms with Crippen molar-refractivity contribution in [2.75, 3.05) is 13.3 Å². The number of hydrogen-bond donors (Lipinski definition) is 0. The van der Waals surface area contributed by atoms with E-state index in [0.717, 1.165) is 0 Å². The lowest BCUT2D eigenvalue weighted by Gasteiger charge is -2.21. The molecule has 0 amide bonds. The Morgan fingerprint density at radius 2 is 1.50 bits per heavy atom. The maximum Gasteiger partial charge on any atom is 0.0640 e. The highest BCUT2D eigenvalue weighted by atomic mass is 31.1. The fourth-order valence-electron chi connectivity index (χ4n) is 0.548. The molecule has 2 heteroatoms. The van der Waals surface area contributed by atoms with Crippen LogP contribution in [-0.2, 0) is 4.52 Å². The van der Waals surface area contributed by atoms with Crippen molar-refractivity contribution < 1.29 is 4.52 Å². The van der Waals surface area contributed by atoms with Crippen LogP contribution in [0.1, 0.15) is 20.8 Å². The van der Waals surface area contributed by atoms with Gasteiger partial charge in [0.05, 0.1) is 5.60 Å². The van der Waals surface area contributed by atoms with Gasteiger partial charge in [-0.2, -0.15) is 0 Å². The van der Waals surface area contributed by atoms with Crippen LogP contribution in [0.3, 0.4) is 0 Å². The second kappa shape index (κ2) is 2.80. The molecule has 0 saturated heterocycles. The normalized spacial score (nSPS) is 12.8. The summed E-state index contributed by atoms with van der Waals surface area (Å²) in [7, 11) is -0.189. The molecule has 0 saturated carbocycles. The summed E-state index contributed by atoms with van der Waals surface area (Å²) in [6.07, 6.45) is 0. The molecular weight excluding hydrogens is 119 g/mol. The van der Waals surface area contributed by atoms with Gasteiger partial charge in [0.1, 0.15) is 0 Å². The third kappa shape index (κ3) is 6.39. The van der Waals surface area contributed by atoms with Crippen LogP contribution >= 0.6 is 8.15 Å². The zero-order chi connectivity index (χ0) is 6.78. The molecule has 0 aromatic heterocycles. The SMILES string of the molecule is CP(C)OC(C)(C)C. The van der Waals surface area contributed by atoms with Crippen molar-refractivity contribution in [3.05, 3.63) is 0 Å². The quantitative estimate of drug-likeness (QED) is 0.500. The van der Waals surface area contributed by atoms with Gasteiger partial charge in [-0.15, -0.1) is 0 Å². The second-order valence-corrected chi connectivity index (χ2v) is 4.82. The topological polar surface area (TPSA) is 9.23 Å². The van der Waals surface area contributed by atoms with Crippen LogP contribution in [-0.4, -0.2) is 18.9 Å². The van der Waals surface area contributed by atoms with Gasteiger partial charge in [-0.25, -0.2) is 0 Å². The molecule has 0 aromatic rings. The molecular formula is C6H15OP. The molecule has 0 atom stereocenters. The Labute approximate surface area is 53.3 Å². The van der Waals surface area contributed by atoms with E-state index in [-0.39, 0.29) is 13.7 Å². The van der Waals surface area contributed by atoms with Crippen LogP contribution in [0, 0.1) is 0 Å². The van der Waals surface area contributed by atoms with Crippen molar-refractivity contribution >= 4 is 8.15 Å². The van der Waals surface area contributed by atoms with E-state index in [2.05, 4.69) is 34.1 Å². The summed E-state index contributed by atoms with van der Waals surface area (Å²) >= 11 is 0. The molecule has 0 radical (unpaired) electrons. The van der Waals surface area contributed by atoms with Gasteiger partial charge in [0.25, 0.3) is 0 Å². The Hall–Kier alpha value is 0.390. The molecule has 0 fully saturated rings. The second-order valence-electron chi connectivity index (χ2n) is 3.02. The largest absolute Gasteiger partial charge is 0.354 e. The van der Waals surface area contributed by atoms with Crippen LogP contribution in [0.2, 0.25) is 0 Å². The maximum atomic E-state index is 5.50. The molecule has 0 aromatic carbocycles. The van der Waals surface area contributed by atoms with E-state index in [9.17, 15) is 0 Å². The lowest BCUT2D eigenvalue weighted by molar-refractivity contribution is 0.153. The first-order chi connectivity index (χ1) is 3.42. The third-order valence-electron chi connectivity index (χ3n) is 0.456. The van der Waals surface area contributed by atoms with Crippen LogP contribution in [0.5, 0.6) is 0 Å². The summed E-state index contributed by atoms with van der Waals surface area (Å²) in [4.78, 5) is 0. The minimum atomic E-state index is -0.189. The first-order valence-electron chi connectivity index (χ1n) is 2.78. The smallest absolute Gasteiger partial charge is 0.0640 e. The van der Waals surface area contributed by atoms with Crippen molar-refractivity contribution in [3.8, 4) is 0 Å².